The van der Waals surface area contributed by atoms with Crippen LogP contribution in [0.1, 0.15) is 78.3 Å². The molecule has 4 aromatic carbocycles. The smallest absolute Gasteiger partial charge is 0.293 e. The first kappa shape index (κ1) is 43.7. The van der Waals surface area contributed by atoms with Crippen LogP contribution in [-0.4, -0.2) is 56.7 Å². The summed E-state index contributed by atoms with van der Waals surface area (Å²) in [6.45, 7) is 9.56. The Labute approximate surface area is 354 Å². The quantitative estimate of drug-likeness (QED) is 0.131. The van der Waals surface area contributed by atoms with Gasteiger partial charge in [0.2, 0.25) is 5.91 Å². The van der Waals surface area contributed by atoms with Crippen LogP contribution < -0.4 is 31.6 Å². The number of pyridine rings is 2. The molecule has 0 bridgehead atoms. The summed E-state index contributed by atoms with van der Waals surface area (Å²) < 4.78 is 2.67. The molecule has 2 fully saturated rings. The summed E-state index contributed by atoms with van der Waals surface area (Å²) in [5.41, 5.74) is 3.82. The highest BCUT2D eigenvalue weighted by atomic mass is 16.3. The van der Waals surface area contributed by atoms with Crippen molar-refractivity contribution in [1.82, 2.24) is 19.8 Å². The lowest BCUT2D eigenvalue weighted by atomic mass is 9.99. The molecule has 13 nitrogen and oxygen atoms in total. The van der Waals surface area contributed by atoms with E-state index >= 15 is 0 Å². The number of hydrogen-bond acceptors (Lipinski definition) is 8. The average Bonchev–Trinajstić information content (AvgIpc) is 3.73. The van der Waals surface area contributed by atoms with Gasteiger partial charge in [-0.1, -0.05) is 87.5 Å². The summed E-state index contributed by atoms with van der Waals surface area (Å²) in [5, 5.41) is 27.5. The fourth-order valence-corrected chi connectivity index (χ4v) is 8.05. The Balaban J connectivity index is 0.000000196. The van der Waals surface area contributed by atoms with Crippen LogP contribution in [-0.2, 0) is 32.0 Å². The molecule has 0 aliphatic carbocycles. The lowest BCUT2D eigenvalue weighted by Gasteiger charge is -2.34. The molecule has 4 heterocycles. The third kappa shape index (κ3) is 9.30. The summed E-state index contributed by atoms with van der Waals surface area (Å²) in [7, 11) is 3.14. The van der Waals surface area contributed by atoms with Crippen molar-refractivity contribution in [2.75, 3.05) is 29.4 Å². The standard InChI is InChI=1S/C24H27N3O3.C22H21N3O4.C2H6/c1-16-8-7-13-27(15-16)19-11-5-3-9-17(19)14-25-23(29)21-18-10-4-6-12-20(18)26(2)24(30)22(21)28;1-24-17-6-3-2-5-16(17)19(20(27)22(24)29)21(28)23-13-14-8-10-15(11-9-14)25-12-4-7-18(25)26;1-2/h3-6,9-12,16,28H,7-8,13-15H2,1-2H3,(H,25,29);2-3,5-6,8-11,27H,4,7,12-13H2,1H3,(H,23,28);1-2H3. The number of amides is 3. The maximum absolute atomic E-state index is 13.0. The van der Waals surface area contributed by atoms with Crippen LogP contribution in [0.5, 0.6) is 11.5 Å². The highest BCUT2D eigenvalue weighted by molar-refractivity contribution is 6.09. The van der Waals surface area contributed by atoms with Crippen molar-refractivity contribution in [3.05, 3.63) is 140 Å². The van der Waals surface area contributed by atoms with Gasteiger partial charge in [0, 0.05) is 75.4 Å². The van der Waals surface area contributed by atoms with E-state index in [1.165, 1.54) is 15.6 Å². The topological polar surface area (TPSA) is 166 Å². The number of benzene rings is 4. The number of anilines is 2. The van der Waals surface area contributed by atoms with Crippen molar-refractivity contribution < 1.29 is 24.6 Å². The minimum Gasteiger partial charge on any atom is -0.502 e. The number of hydrogen-bond donors (Lipinski definition) is 4. The molecule has 3 amide bonds. The first-order valence-corrected chi connectivity index (χ1v) is 20.8. The summed E-state index contributed by atoms with van der Waals surface area (Å²) in [5.74, 6) is -1.29. The Bertz CT molecular complexity index is 2690. The Morgan fingerprint density at radius 1 is 0.672 bits per heavy atom. The molecule has 2 aliphatic heterocycles. The highest BCUT2D eigenvalue weighted by Gasteiger charge is 2.24. The minimum absolute atomic E-state index is 0.0250. The Hall–Kier alpha value is -6.89. The van der Waals surface area contributed by atoms with Crippen LogP contribution in [0.25, 0.3) is 21.8 Å². The monoisotopic (exact) mass is 826 g/mol. The number of carbonyl (C=O) groups is 3. The fourth-order valence-electron chi connectivity index (χ4n) is 8.05. The number of rotatable bonds is 8. The first-order valence-electron chi connectivity index (χ1n) is 20.8. The zero-order chi connectivity index (χ0) is 43.8. The van der Waals surface area contributed by atoms with Crippen molar-refractivity contribution in [2.24, 2.45) is 20.0 Å². The van der Waals surface area contributed by atoms with Gasteiger partial charge in [0.25, 0.3) is 22.9 Å². The van der Waals surface area contributed by atoms with Crippen LogP contribution >= 0.6 is 0 Å². The molecule has 1 atom stereocenters. The van der Waals surface area contributed by atoms with Crippen LogP contribution in [0.4, 0.5) is 11.4 Å². The van der Waals surface area contributed by atoms with E-state index in [2.05, 4.69) is 28.5 Å². The van der Waals surface area contributed by atoms with E-state index in [0.717, 1.165) is 55.0 Å². The summed E-state index contributed by atoms with van der Waals surface area (Å²) in [4.78, 5) is 66.4. The van der Waals surface area contributed by atoms with Crippen molar-refractivity contribution >= 4 is 50.9 Å². The second kappa shape index (κ2) is 19.4. The highest BCUT2D eigenvalue weighted by Crippen LogP contribution is 2.28. The van der Waals surface area contributed by atoms with Gasteiger partial charge >= 0.3 is 0 Å². The van der Waals surface area contributed by atoms with Crippen molar-refractivity contribution in [2.45, 2.75) is 59.5 Å². The van der Waals surface area contributed by atoms with Crippen molar-refractivity contribution in [3.8, 4) is 11.5 Å². The van der Waals surface area contributed by atoms with Crippen molar-refractivity contribution in [1.29, 1.82) is 0 Å². The number of nitrogens with zero attached hydrogens (tertiary/aromatic N) is 4. The molecule has 61 heavy (non-hydrogen) atoms. The molecule has 2 aliphatic rings. The zero-order valence-corrected chi connectivity index (χ0v) is 35.4. The van der Waals surface area contributed by atoms with Gasteiger partial charge in [-0.25, -0.2) is 0 Å². The number of carbonyl (C=O) groups excluding carboxylic acids is 3. The maximum Gasteiger partial charge on any atom is 0.293 e. The van der Waals surface area contributed by atoms with E-state index in [1.807, 2.05) is 56.3 Å². The normalized spacial score (nSPS) is 14.8. The largest absolute Gasteiger partial charge is 0.502 e. The predicted molar refractivity (Wildman–Crippen MR) is 240 cm³/mol. The van der Waals surface area contributed by atoms with Crippen LogP contribution in [0.15, 0.2) is 107 Å². The van der Waals surface area contributed by atoms with Gasteiger partial charge in [0.05, 0.1) is 22.2 Å². The zero-order valence-electron chi connectivity index (χ0n) is 35.4. The van der Waals surface area contributed by atoms with Gasteiger partial charge in [-0.3, -0.25) is 24.0 Å². The summed E-state index contributed by atoms with van der Waals surface area (Å²) in [6.07, 6.45) is 3.84. The molecule has 1 unspecified atom stereocenters. The summed E-state index contributed by atoms with van der Waals surface area (Å²) in [6, 6.07) is 29.5. The molecule has 13 heteroatoms. The molecule has 318 valence electrons. The van der Waals surface area contributed by atoms with E-state index in [0.29, 0.717) is 40.7 Å². The molecule has 2 saturated heterocycles. The number of aromatic nitrogens is 2. The Morgan fingerprint density at radius 3 is 1.74 bits per heavy atom. The van der Waals surface area contributed by atoms with E-state index in [9.17, 15) is 34.2 Å². The first-order chi connectivity index (χ1) is 29.4. The summed E-state index contributed by atoms with van der Waals surface area (Å²) >= 11 is 0. The maximum atomic E-state index is 13.0. The molecule has 2 aromatic heterocycles. The number of aryl methyl sites for hydroxylation is 2. The van der Waals surface area contributed by atoms with E-state index < -0.39 is 34.4 Å². The van der Waals surface area contributed by atoms with E-state index in [4.69, 9.17) is 0 Å². The van der Waals surface area contributed by atoms with Gasteiger partial charge in [-0.2, -0.15) is 0 Å². The van der Waals surface area contributed by atoms with Gasteiger partial charge in [0.1, 0.15) is 0 Å². The number of piperidine rings is 1. The predicted octanol–water partition coefficient (Wildman–Crippen LogP) is 6.74. The van der Waals surface area contributed by atoms with Crippen LogP contribution in [0.2, 0.25) is 0 Å². The lowest BCUT2D eigenvalue weighted by molar-refractivity contribution is -0.117. The fraction of sp³-hybridized carbons (Fsp3) is 0.312. The molecule has 0 spiro atoms. The third-order valence-corrected chi connectivity index (χ3v) is 11.2. The third-order valence-electron chi connectivity index (χ3n) is 11.2. The molecule has 8 rings (SSSR count). The van der Waals surface area contributed by atoms with Gasteiger partial charge in [-0.15, -0.1) is 0 Å². The molecule has 6 aromatic rings. The van der Waals surface area contributed by atoms with E-state index in [-0.39, 0.29) is 23.6 Å². The average molecular weight is 827 g/mol. The van der Waals surface area contributed by atoms with Crippen LogP contribution in [0.3, 0.4) is 0 Å². The van der Waals surface area contributed by atoms with Gasteiger partial charge < -0.3 is 39.8 Å². The minimum atomic E-state index is -0.617. The molecule has 0 saturated carbocycles. The lowest BCUT2D eigenvalue weighted by Crippen LogP contribution is -2.35. The van der Waals surface area contributed by atoms with E-state index in [1.54, 1.807) is 67.5 Å². The molecule has 0 radical (unpaired) electrons. The number of aromatic hydroxyl groups is 2. The SMILES string of the molecule is CC.CC1CCCN(c2ccccc2CNC(=O)c2c(O)c(=O)n(C)c3ccccc23)C1.Cn1c(=O)c(O)c(C(=O)NCc2ccc(N3CCCC3=O)cc2)c2ccccc21. The van der Waals surface area contributed by atoms with Gasteiger partial charge in [-0.05, 0) is 66.6 Å². The van der Waals surface area contributed by atoms with Crippen LogP contribution in [0, 0.1) is 5.92 Å². The van der Waals surface area contributed by atoms with Gasteiger partial charge in [0.15, 0.2) is 11.5 Å². The second-order valence-corrected chi connectivity index (χ2v) is 15.2. The second-order valence-electron chi connectivity index (χ2n) is 15.2. The molecule has 4 N–H and O–H groups in total. The Kier molecular flexibility index (Phi) is 13.9. The number of nitrogens with one attached hydrogen (secondary N) is 2. The van der Waals surface area contributed by atoms with Crippen molar-refractivity contribution in [3.63, 3.8) is 0 Å². The molecular formula is C48H54N6O7. The number of fused-ring (bicyclic) bond motifs is 2. The Morgan fingerprint density at radius 2 is 1.20 bits per heavy atom. The molecular weight excluding hydrogens is 773 g/mol. The number of para-hydroxylation sites is 3.